The van der Waals surface area contributed by atoms with Crippen LogP contribution >= 0.6 is 0 Å². The number of hydrogen-bond acceptors (Lipinski definition) is 4. The van der Waals surface area contributed by atoms with Gasteiger partial charge in [-0.3, -0.25) is 4.79 Å². The molecule has 20 heavy (non-hydrogen) atoms. The van der Waals surface area contributed by atoms with Crippen LogP contribution in [-0.2, 0) is 16.1 Å². The van der Waals surface area contributed by atoms with Crippen LogP contribution in [0, 0.1) is 5.82 Å². The zero-order valence-corrected chi connectivity index (χ0v) is 11.9. The van der Waals surface area contributed by atoms with Crippen molar-refractivity contribution < 1.29 is 18.7 Å². The summed E-state index contributed by atoms with van der Waals surface area (Å²) in [6.07, 6.45) is 0.196. The largest absolute Gasteiger partial charge is 0.490 e. The van der Waals surface area contributed by atoms with Crippen molar-refractivity contribution in [2.45, 2.75) is 13.0 Å². The fourth-order valence-corrected chi connectivity index (χ4v) is 1.62. The van der Waals surface area contributed by atoms with E-state index in [0.717, 1.165) is 5.56 Å². The highest BCUT2D eigenvalue weighted by Crippen LogP contribution is 2.22. The van der Waals surface area contributed by atoms with Gasteiger partial charge in [0.1, 0.15) is 0 Å². The van der Waals surface area contributed by atoms with E-state index in [1.165, 1.54) is 6.07 Å². The molecule has 0 heterocycles. The Kier molecular flexibility index (Phi) is 7.60. The predicted octanol–water partition coefficient (Wildman–Crippen LogP) is 1.08. The Morgan fingerprint density at radius 1 is 1.35 bits per heavy atom. The fourth-order valence-electron chi connectivity index (χ4n) is 1.62. The van der Waals surface area contributed by atoms with Crippen LogP contribution in [0.15, 0.2) is 18.2 Å². The molecule has 1 aromatic rings. The molecule has 0 unspecified atom stereocenters. The highest BCUT2D eigenvalue weighted by molar-refractivity contribution is 5.75. The van der Waals surface area contributed by atoms with Gasteiger partial charge in [0.05, 0.1) is 19.6 Å². The van der Waals surface area contributed by atoms with Crippen molar-refractivity contribution in [2.75, 3.05) is 33.9 Å². The number of rotatable bonds is 9. The van der Waals surface area contributed by atoms with E-state index in [1.54, 1.807) is 26.3 Å². The van der Waals surface area contributed by atoms with Gasteiger partial charge in [-0.25, -0.2) is 4.39 Å². The number of carbonyl (C=O) groups is 1. The average Bonchev–Trinajstić information content (AvgIpc) is 2.45. The Morgan fingerprint density at radius 3 is 2.85 bits per heavy atom. The number of halogens is 1. The first-order valence-corrected chi connectivity index (χ1v) is 6.49. The summed E-state index contributed by atoms with van der Waals surface area (Å²) >= 11 is 0. The van der Waals surface area contributed by atoms with Gasteiger partial charge in [0.25, 0.3) is 0 Å². The highest BCUT2D eigenvalue weighted by Gasteiger charge is 2.10. The highest BCUT2D eigenvalue weighted by atomic mass is 19.1. The van der Waals surface area contributed by atoms with Gasteiger partial charge in [0.15, 0.2) is 11.6 Å². The lowest BCUT2D eigenvalue weighted by molar-refractivity contribution is -0.121. The summed E-state index contributed by atoms with van der Waals surface area (Å²) in [5.74, 6) is -0.365. The molecular weight excluding hydrogens is 263 g/mol. The molecule has 0 aliphatic rings. The minimum absolute atomic E-state index is 0.138. The van der Waals surface area contributed by atoms with E-state index in [9.17, 15) is 9.18 Å². The van der Waals surface area contributed by atoms with Crippen molar-refractivity contribution >= 4 is 5.91 Å². The molecule has 0 saturated heterocycles. The molecule has 0 aliphatic heterocycles. The fraction of sp³-hybridized carbons (Fsp3) is 0.500. The van der Waals surface area contributed by atoms with Crippen molar-refractivity contribution in [1.82, 2.24) is 10.6 Å². The molecule has 6 heteroatoms. The zero-order chi connectivity index (χ0) is 14.8. The maximum absolute atomic E-state index is 13.8. The summed E-state index contributed by atoms with van der Waals surface area (Å²) in [5.41, 5.74) is 0.720. The number of benzene rings is 1. The van der Waals surface area contributed by atoms with E-state index < -0.39 is 5.82 Å². The van der Waals surface area contributed by atoms with Crippen molar-refractivity contribution in [1.29, 1.82) is 0 Å². The van der Waals surface area contributed by atoms with Gasteiger partial charge in [-0.15, -0.1) is 0 Å². The number of nitrogens with one attached hydrogen (secondary N) is 2. The minimum Gasteiger partial charge on any atom is -0.490 e. The Labute approximate surface area is 118 Å². The second-order valence-electron chi connectivity index (χ2n) is 4.17. The smallest absolute Gasteiger partial charge is 0.223 e. The van der Waals surface area contributed by atoms with Crippen LogP contribution in [0.5, 0.6) is 5.75 Å². The van der Waals surface area contributed by atoms with Crippen LogP contribution in [-0.4, -0.2) is 39.8 Å². The molecule has 0 fully saturated rings. The number of amides is 1. The van der Waals surface area contributed by atoms with Gasteiger partial charge < -0.3 is 20.1 Å². The predicted molar refractivity (Wildman–Crippen MR) is 74.2 cm³/mol. The first-order chi connectivity index (χ1) is 9.69. The van der Waals surface area contributed by atoms with Gasteiger partial charge in [-0.2, -0.15) is 0 Å². The summed E-state index contributed by atoms with van der Waals surface area (Å²) in [6.45, 7) is 1.88. The normalized spacial score (nSPS) is 10.3. The zero-order valence-electron chi connectivity index (χ0n) is 11.9. The summed E-state index contributed by atoms with van der Waals surface area (Å²) in [5, 5.41) is 5.62. The number of hydrogen-bond donors (Lipinski definition) is 2. The molecule has 0 atom stereocenters. The topological polar surface area (TPSA) is 59.6 Å². The molecule has 2 N–H and O–H groups in total. The number of carbonyl (C=O) groups excluding carboxylic acids is 1. The summed E-state index contributed by atoms with van der Waals surface area (Å²) < 4.78 is 24.1. The first-order valence-electron chi connectivity index (χ1n) is 6.49. The van der Waals surface area contributed by atoms with Crippen LogP contribution in [0.2, 0.25) is 0 Å². The van der Waals surface area contributed by atoms with Crippen LogP contribution in [0.4, 0.5) is 4.39 Å². The van der Waals surface area contributed by atoms with E-state index in [2.05, 4.69) is 10.6 Å². The van der Waals surface area contributed by atoms with Crippen LogP contribution in [0.25, 0.3) is 0 Å². The molecule has 5 nitrogen and oxygen atoms in total. The van der Waals surface area contributed by atoms with Gasteiger partial charge in [-0.05, 0) is 6.07 Å². The van der Waals surface area contributed by atoms with Crippen molar-refractivity contribution in [3.63, 3.8) is 0 Å². The van der Waals surface area contributed by atoms with Crippen molar-refractivity contribution in [3.05, 3.63) is 29.6 Å². The molecule has 1 amide bonds. The SMILES string of the molecule is CNC(=O)CCOc1c(F)cccc1CNCCOC. The van der Waals surface area contributed by atoms with Crippen molar-refractivity contribution in [2.24, 2.45) is 0 Å². The molecule has 0 bridgehead atoms. The number of para-hydroxylation sites is 1. The Hall–Kier alpha value is -1.66. The summed E-state index contributed by atoms with van der Waals surface area (Å²) in [4.78, 5) is 11.1. The van der Waals surface area contributed by atoms with Gasteiger partial charge in [0, 0.05) is 32.8 Å². The quantitative estimate of drug-likeness (QED) is 0.666. The Morgan fingerprint density at radius 2 is 2.15 bits per heavy atom. The van der Waals surface area contributed by atoms with E-state index in [1.807, 2.05) is 0 Å². The second-order valence-corrected chi connectivity index (χ2v) is 4.17. The molecule has 1 rings (SSSR count). The third-order valence-corrected chi connectivity index (χ3v) is 2.70. The van der Waals surface area contributed by atoms with Crippen LogP contribution < -0.4 is 15.4 Å². The molecule has 112 valence electrons. The van der Waals surface area contributed by atoms with Gasteiger partial charge in [0.2, 0.25) is 5.91 Å². The molecule has 1 aromatic carbocycles. The Balaban J connectivity index is 2.56. The summed E-state index contributed by atoms with van der Waals surface area (Å²) in [6, 6.07) is 4.76. The third kappa shape index (κ3) is 5.54. The van der Waals surface area contributed by atoms with E-state index >= 15 is 0 Å². The molecule has 0 saturated carbocycles. The lowest BCUT2D eigenvalue weighted by Gasteiger charge is -2.12. The maximum Gasteiger partial charge on any atom is 0.223 e. The van der Waals surface area contributed by atoms with E-state index in [0.29, 0.717) is 19.7 Å². The van der Waals surface area contributed by atoms with Crippen LogP contribution in [0.3, 0.4) is 0 Å². The molecular formula is C14H21FN2O3. The molecule has 0 aromatic heterocycles. The second kappa shape index (κ2) is 9.28. The Bertz CT molecular complexity index is 427. The minimum atomic E-state index is -0.423. The van der Waals surface area contributed by atoms with E-state index in [4.69, 9.17) is 9.47 Å². The monoisotopic (exact) mass is 284 g/mol. The average molecular weight is 284 g/mol. The number of methoxy groups -OCH3 is 1. The lowest BCUT2D eigenvalue weighted by atomic mass is 10.2. The maximum atomic E-state index is 13.8. The molecule has 0 aliphatic carbocycles. The summed E-state index contributed by atoms with van der Waals surface area (Å²) in [7, 11) is 3.17. The van der Waals surface area contributed by atoms with Crippen molar-refractivity contribution in [3.8, 4) is 5.75 Å². The third-order valence-electron chi connectivity index (χ3n) is 2.70. The van der Waals surface area contributed by atoms with Gasteiger partial charge in [-0.1, -0.05) is 12.1 Å². The van der Waals surface area contributed by atoms with Crippen LogP contribution in [0.1, 0.15) is 12.0 Å². The van der Waals surface area contributed by atoms with E-state index in [-0.39, 0.29) is 24.7 Å². The number of ether oxygens (including phenoxy) is 2. The first kappa shape index (κ1) is 16.4. The van der Waals surface area contributed by atoms with Gasteiger partial charge >= 0.3 is 0 Å². The molecule has 0 radical (unpaired) electrons. The lowest BCUT2D eigenvalue weighted by Crippen LogP contribution is -2.21. The standard InChI is InChI=1S/C14H21FN2O3/c1-16-13(18)6-8-20-14-11(4-3-5-12(14)15)10-17-7-9-19-2/h3-5,17H,6-10H2,1-2H3,(H,16,18). The molecule has 0 spiro atoms.